The smallest absolute Gasteiger partial charge is 0.267 e. The molecule has 5 rings (SSSR count). The van der Waals surface area contributed by atoms with Crippen molar-refractivity contribution in [1.29, 1.82) is 0 Å². The van der Waals surface area contributed by atoms with Gasteiger partial charge in [0.05, 0.1) is 5.60 Å². The molecule has 9 atom stereocenters. The Kier molecular flexibility index (Phi) is 6.81. The number of aliphatic hydroxyl groups is 1. The molecule has 0 radical (unpaired) electrons. The highest BCUT2D eigenvalue weighted by Gasteiger charge is 2.64. The van der Waals surface area contributed by atoms with Crippen molar-refractivity contribution < 1.29 is 22.9 Å². The second-order valence-corrected chi connectivity index (χ2v) is 17.5. The van der Waals surface area contributed by atoms with Gasteiger partial charge in [0.25, 0.3) is 10.1 Å². The number of hydrogen-bond donors (Lipinski definition) is 2. The Labute approximate surface area is 222 Å². The Morgan fingerprint density at radius 3 is 2.33 bits per heavy atom. The van der Waals surface area contributed by atoms with Crippen LogP contribution in [0.15, 0.2) is 0 Å². The molecule has 0 bridgehead atoms. The maximum Gasteiger partial charge on any atom is 0.267 e. The average Bonchev–Trinajstić information content (AvgIpc) is 3.09. The third kappa shape index (κ3) is 4.52. The lowest BCUT2D eigenvalue weighted by Crippen LogP contribution is -2.67. The fourth-order valence-electron chi connectivity index (χ4n) is 10.3. The molecule has 0 spiro atoms. The molecule has 5 aliphatic rings. The lowest BCUT2D eigenvalue weighted by molar-refractivity contribution is -0.176. The van der Waals surface area contributed by atoms with Crippen LogP contribution >= 0.6 is 11.8 Å². The highest BCUT2D eigenvalue weighted by atomic mass is 32.2. The van der Waals surface area contributed by atoms with Crippen LogP contribution in [0.25, 0.3) is 0 Å². The molecule has 6 nitrogen and oxygen atoms in total. The van der Waals surface area contributed by atoms with E-state index >= 15 is 0 Å². The molecule has 0 amide bonds. The molecule has 2 N–H and O–H groups in total. The van der Waals surface area contributed by atoms with Crippen LogP contribution in [-0.2, 0) is 14.9 Å². The van der Waals surface area contributed by atoms with E-state index in [0.29, 0.717) is 30.0 Å². The van der Waals surface area contributed by atoms with E-state index in [2.05, 4.69) is 32.6 Å². The second-order valence-electron chi connectivity index (χ2n) is 14.3. The van der Waals surface area contributed by atoms with Gasteiger partial charge in [0.1, 0.15) is 11.5 Å². The molecule has 0 unspecified atom stereocenters. The molecular formula is C28H47NO5S2. The predicted octanol–water partition coefficient (Wildman–Crippen LogP) is 4.66. The Bertz CT molecular complexity index is 1000. The van der Waals surface area contributed by atoms with Crippen LogP contribution in [-0.4, -0.2) is 69.7 Å². The molecule has 5 fully saturated rings. The van der Waals surface area contributed by atoms with Crippen molar-refractivity contribution in [2.45, 2.75) is 102 Å². The van der Waals surface area contributed by atoms with E-state index < -0.39 is 21.5 Å². The summed E-state index contributed by atoms with van der Waals surface area (Å²) in [6, 6.07) is -0.276. The molecule has 1 saturated heterocycles. The van der Waals surface area contributed by atoms with Crippen molar-refractivity contribution in [2.75, 3.05) is 24.6 Å². The quantitative estimate of drug-likeness (QED) is 0.500. The lowest BCUT2D eigenvalue weighted by atomic mass is 9.43. The number of ketones is 1. The van der Waals surface area contributed by atoms with Crippen molar-refractivity contribution in [3.8, 4) is 0 Å². The number of nitrogens with zero attached hydrogens (tertiary/aromatic N) is 1. The van der Waals surface area contributed by atoms with Gasteiger partial charge in [-0.15, -0.1) is 0 Å². The molecule has 4 saturated carbocycles. The zero-order valence-electron chi connectivity index (χ0n) is 22.8. The van der Waals surface area contributed by atoms with Gasteiger partial charge in [-0.1, -0.05) is 13.8 Å². The number of hydrogen-bond acceptors (Lipinski definition) is 6. The van der Waals surface area contributed by atoms with Gasteiger partial charge in [-0.2, -0.15) is 20.2 Å². The maximum absolute atomic E-state index is 12.5. The van der Waals surface area contributed by atoms with Crippen LogP contribution in [0.4, 0.5) is 0 Å². The maximum atomic E-state index is 12.5. The van der Waals surface area contributed by atoms with Crippen LogP contribution in [0.1, 0.15) is 86.0 Å². The fourth-order valence-corrected chi connectivity index (χ4v) is 12.4. The highest BCUT2D eigenvalue weighted by molar-refractivity contribution is 8.00. The molecule has 0 aromatic heterocycles. The van der Waals surface area contributed by atoms with Gasteiger partial charge in [0.2, 0.25) is 0 Å². The molecule has 36 heavy (non-hydrogen) atoms. The van der Waals surface area contributed by atoms with Gasteiger partial charge in [0.15, 0.2) is 0 Å². The summed E-state index contributed by atoms with van der Waals surface area (Å²) >= 11 is 1.94. The first-order valence-electron chi connectivity index (χ1n) is 14.1. The largest absolute Gasteiger partial charge is 0.387 e. The predicted molar refractivity (Wildman–Crippen MR) is 145 cm³/mol. The third-order valence-electron chi connectivity index (χ3n) is 11.7. The molecule has 4 aliphatic carbocycles. The Morgan fingerprint density at radius 1 is 1.00 bits per heavy atom. The minimum Gasteiger partial charge on any atom is -0.387 e. The summed E-state index contributed by atoms with van der Waals surface area (Å²) in [5, 5.41) is 12.0. The van der Waals surface area contributed by atoms with Crippen LogP contribution in [0.3, 0.4) is 0 Å². The summed E-state index contributed by atoms with van der Waals surface area (Å²) in [7, 11) is -4.31. The average molecular weight is 542 g/mol. The Hall–Kier alpha value is -0.150. The molecule has 1 heterocycles. The monoisotopic (exact) mass is 541 g/mol. The topological polar surface area (TPSA) is 94.9 Å². The van der Waals surface area contributed by atoms with E-state index in [1.165, 1.54) is 0 Å². The lowest BCUT2D eigenvalue weighted by Gasteiger charge is -2.64. The summed E-state index contributed by atoms with van der Waals surface area (Å²) in [5.41, 5.74) is -1.29. The van der Waals surface area contributed by atoms with Crippen molar-refractivity contribution in [1.82, 2.24) is 4.90 Å². The van der Waals surface area contributed by atoms with Crippen LogP contribution in [0.5, 0.6) is 0 Å². The van der Waals surface area contributed by atoms with E-state index in [4.69, 9.17) is 0 Å². The van der Waals surface area contributed by atoms with Crippen molar-refractivity contribution in [3.05, 3.63) is 0 Å². The zero-order valence-corrected chi connectivity index (χ0v) is 24.5. The standard InChI is InChI=1S/C28H47NO5S2/c1-18(30)21-8-9-22-20-7-6-19-14-28(31,17-36(32,33)34)24(29-12-13-35-25(2,3)16-29)15-27(19,5)23(20)10-11-26(21,22)4/h19-24,31H,6-17H2,1-5H3,(H,32,33,34)/t19-,20-,21+,22-,23-,24-,26+,27-,28+/m0/s1. The van der Waals surface area contributed by atoms with Gasteiger partial charge in [-0.05, 0) is 107 Å². The first kappa shape index (κ1) is 27.4. The summed E-state index contributed by atoms with van der Waals surface area (Å²) in [4.78, 5) is 14.9. The van der Waals surface area contributed by atoms with Crippen LogP contribution in [0, 0.1) is 40.4 Å². The van der Waals surface area contributed by atoms with Crippen molar-refractivity contribution in [2.24, 2.45) is 40.4 Å². The van der Waals surface area contributed by atoms with Crippen molar-refractivity contribution >= 4 is 27.7 Å². The van der Waals surface area contributed by atoms with E-state index in [1.807, 2.05) is 11.8 Å². The summed E-state index contributed by atoms with van der Waals surface area (Å²) in [6.07, 6.45) is 7.72. The minimum absolute atomic E-state index is 0.0312. The van der Waals surface area contributed by atoms with Crippen molar-refractivity contribution in [3.63, 3.8) is 0 Å². The highest BCUT2D eigenvalue weighted by Crippen LogP contribution is 2.68. The van der Waals surface area contributed by atoms with E-state index in [-0.39, 0.29) is 33.5 Å². The summed E-state index contributed by atoms with van der Waals surface area (Å²) in [6.45, 7) is 12.7. The third-order valence-corrected chi connectivity index (χ3v) is 13.9. The van der Waals surface area contributed by atoms with Gasteiger partial charge in [0, 0.05) is 35.5 Å². The van der Waals surface area contributed by atoms with E-state index in [9.17, 15) is 22.9 Å². The van der Waals surface area contributed by atoms with E-state index in [1.54, 1.807) is 6.92 Å². The SMILES string of the molecule is CC(=O)[C@H]1CC[C@H]2[C@@H]3CC[C@H]4C[C@@](O)(CS(=O)(=O)O)[C@@H](N5CCSC(C)(C)C5)C[C@]4(C)[C@H]3CC[C@]12C. The van der Waals surface area contributed by atoms with Crippen LogP contribution < -0.4 is 0 Å². The molecular weight excluding hydrogens is 494 g/mol. The molecule has 0 aromatic carbocycles. The Morgan fingerprint density at radius 2 is 1.69 bits per heavy atom. The number of rotatable bonds is 4. The number of carbonyl (C=O) groups excluding carboxylic acids is 1. The number of fused-ring (bicyclic) bond motifs is 5. The normalized spacial score (nSPS) is 49.1. The van der Waals surface area contributed by atoms with Gasteiger partial charge >= 0.3 is 0 Å². The van der Waals surface area contributed by atoms with Crippen LogP contribution in [0.2, 0.25) is 0 Å². The molecule has 0 aromatic rings. The minimum atomic E-state index is -4.31. The first-order chi connectivity index (χ1) is 16.6. The second kappa shape index (κ2) is 8.94. The molecule has 206 valence electrons. The van der Waals surface area contributed by atoms with Gasteiger partial charge in [-0.3, -0.25) is 14.2 Å². The Balaban J connectivity index is 1.47. The summed E-state index contributed by atoms with van der Waals surface area (Å²) < 4.78 is 34.1. The number of thioether (sulfide) groups is 1. The number of carbonyl (C=O) groups is 1. The zero-order chi connectivity index (χ0) is 26.3. The van der Waals surface area contributed by atoms with Gasteiger partial charge in [-0.25, -0.2) is 0 Å². The first-order valence-corrected chi connectivity index (χ1v) is 16.7. The molecule has 8 heteroatoms. The fraction of sp³-hybridized carbons (Fsp3) is 0.964. The van der Waals surface area contributed by atoms with Gasteiger partial charge < -0.3 is 5.11 Å². The summed E-state index contributed by atoms with van der Waals surface area (Å²) in [5.74, 6) is 2.94. The number of Topliss-reactive ketones (excluding diaryl/α,β-unsaturated/α-hetero) is 1. The molecule has 1 aliphatic heterocycles. The van der Waals surface area contributed by atoms with E-state index in [0.717, 1.165) is 63.8 Å².